The third kappa shape index (κ3) is 5.83. The number of nitrogens with one attached hydrogen (secondary N) is 3. The lowest BCUT2D eigenvalue weighted by molar-refractivity contribution is -0.120. The van der Waals surface area contributed by atoms with Crippen LogP contribution in [0.15, 0.2) is 60.9 Å². The predicted molar refractivity (Wildman–Crippen MR) is 147 cm³/mol. The normalized spacial score (nSPS) is 19.8. The molecule has 2 fully saturated rings. The lowest BCUT2D eigenvalue weighted by Gasteiger charge is -2.39. The summed E-state index contributed by atoms with van der Waals surface area (Å²) in [7, 11) is 1.61. The number of halogens is 1. The van der Waals surface area contributed by atoms with E-state index in [2.05, 4.69) is 31.9 Å². The van der Waals surface area contributed by atoms with E-state index in [0.717, 1.165) is 36.5 Å². The van der Waals surface area contributed by atoms with Gasteiger partial charge >= 0.3 is 6.03 Å². The van der Waals surface area contributed by atoms with Crippen molar-refractivity contribution < 1.29 is 14.3 Å². The summed E-state index contributed by atoms with van der Waals surface area (Å²) in [5.41, 5.74) is 2.29. The molecule has 2 atom stereocenters. The predicted octanol–water partition coefficient (Wildman–Crippen LogP) is 4.45. The Bertz CT molecular complexity index is 1280. The third-order valence-corrected chi connectivity index (χ3v) is 7.45. The number of carbonyl (C=O) groups is 2. The summed E-state index contributed by atoms with van der Waals surface area (Å²) in [5, 5.41) is 9.70. The lowest BCUT2D eigenvalue weighted by atomic mass is 9.88. The fourth-order valence-corrected chi connectivity index (χ4v) is 5.16. The van der Waals surface area contributed by atoms with Gasteiger partial charge < -0.3 is 25.6 Å². The molecule has 1 aliphatic carbocycles. The maximum atomic E-state index is 12.9. The van der Waals surface area contributed by atoms with Gasteiger partial charge in [-0.05, 0) is 67.3 Å². The first-order valence-corrected chi connectivity index (χ1v) is 13.1. The molecule has 3 heterocycles. The van der Waals surface area contributed by atoms with Gasteiger partial charge in [0.25, 0.3) is 0 Å². The molecule has 1 saturated carbocycles. The number of nitrogens with zero attached hydrogens (tertiary/aromatic N) is 3. The minimum atomic E-state index is -0.278. The number of aromatic nitrogens is 2. The molecule has 0 bridgehead atoms. The molecule has 5 rings (SSSR count). The van der Waals surface area contributed by atoms with Crippen LogP contribution in [0.1, 0.15) is 43.4 Å². The summed E-state index contributed by atoms with van der Waals surface area (Å²) < 4.78 is 5.28. The van der Waals surface area contributed by atoms with Gasteiger partial charge in [-0.2, -0.15) is 0 Å². The molecule has 0 unspecified atom stereocenters. The third-order valence-electron chi connectivity index (χ3n) is 7.20. The zero-order valence-corrected chi connectivity index (χ0v) is 22.2. The van der Waals surface area contributed by atoms with Crippen LogP contribution in [-0.2, 0) is 10.3 Å². The highest BCUT2D eigenvalue weighted by Gasteiger charge is 2.45. The number of urea groups is 1. The van der Waals surface area contributed by atoms with Crippen molar-refractivity contribution in [2.24, 2.45) is 0 Å². The van der Waals surface area contributed by atoms with Gasteiger partial charge in [-0.25, -0.2) is 9.78 Å². The van der Waals surface area contributed by atoms with Gasteiger partial charge in [0.2, 0.25) is 5.91 Å². The van der Waals surface area contributed by atoms with E-state index < -0.39 is 0 Å². The molecule has 1 aliphatic heterocycles. The van der Waals surface area contributed by atoms with Gasteiger partial charge in [-0.15, -0.1) is 0 Å². The summed E-state index contributed by atoms with van der Waals surface area (Å²) in [6, 6.07) is 14.5. The highest BCUT2D eigenvalue weighted by atomic mass is 35.5. The maximum absolute atomic E-state index is 12.9. The summed E-state index contributed by atoms with van der Waals surface area (Å²) in [6.45, 7) is 2.90. The number of hydrogen-bond donors (Lipinski definition) is 3. The fraction of sp³-hybridized carbons (Fsp3) is 0.357. The number of anilines is 2. The molecule has 3 aromatic rings. The molecule has 2 aromatic heterocycles. The monoisotopic (exact) mass is 534 g/mol. The van der Waals surface area contributed by atoms with Crippen molar-refractivity contribution >= 4 is 35.0 Å². The minimum absolute atomic E-state index is 0.0314. The molecule has 9 nitrogen and oxygen atoms in total. The molecule has 1 aromatic carbocycles. The molecule has 10 heteroatoms. The zero-order chi connectivity index (χ0) is 26.7. The first-order chi connectivity index (χ1) is 18.3. The van der Waals surface area contributed by atoms with Crippen LogP contribution in [0.25, 0.3) is 0 Å². The molecule has 198 valence electrons. The van der Waals surface area contributed by atoms with Crippen LogP contribution in [0.5, 0.6) is 5.75 Å². The van der Waals surface area contributed by atoms with Crippen LogP contribution in [-0.4, -0.2) is 48.1 Å². The number of pyridine rings is 2. The minimum Gasteiger partial charge on any atom is -0.495 e. The van der Waals surface area contributed by atoms with Crippen molar-refractivity contribution in [3.63, 3.8) is 0 Å². The van der Waals surface area contributed by atoms with Crippen LogP contribution in [0, 0.1) is 0 Å². The number of benzene rings is 1. The highest BCUT2D eigenvalue weighted by Crippen LogP contribution is 2.45. The molecule has 3 amide bonds. The fourth-order valence-electron chi connectivity index (χ4n) is 5.04. The molecule has 1 saturated heterocycles. The van der Waals surface area contributed by atoms with Crippen LogP contribution >= 0.6 is 11.6 Å². The van der Waals surface area contributed by atoms with E-state index in [9.17, 15) is 9.59 Å². The Morgan fingerprint density at radius 2 is 1.84 bits per heavy atom. The Balaban J connectivity index is 1.32. The van der Waals surface area contributed by atoms with E-state index in [1.54, 1.807) is 44.5 Å². The average Bonchev–Trinajstić information content (AvgIpc) is 3.70. The Kier molecular flexibility index (Phi) is 7.37. The number of rotatable bonds is 7. The SMILES string of the molecule is COc1ccc([C@@H]2CN(c3ccc(C4(NC(C)=O)CC4)cn3)CC[C@H]2NC(=O)Nc2ccc(Cl)cc2)nc1. The van der Waals surface area contributed by atoms with Gasteiger partial charge in [0.1, 0.15) is 11.6 Å². The van der Waals surface area contributed by atoms with E-state index in [1.807, 2.05) is 24.4 Å². The maximum Gasteiger partial charge on any atom is 0.319 e. The Hall–Kier alpha value is -3.85. The van der Waals surface area contributed by atoms with Crippen molar-refractivity contribution in [2.45, 2.75) is 43.7 Å². The Morgan fingerprint density at radius 3 is 2.45 bits per heavy atom. The standard InChI is InChI=1S/C28H31ClN6O3/c1-18(36)34-28(12-13-28)19-3-10-26(31-15-19)35-14-11-25(23(17-35)24-9-8-22(38-2)16-30-24)33-27(37)32-21-6-4-20(29)5-7-21/h3-10,15-16,23,25H,11-14,17H2,1-2H3,(H,34,36)(H2,32,33,37)/t23-,25+/m0/s1. The van der Waals surface area contributed by atoms with Gasteiger partial charge in [-0.1, -0.05) is 17.7 Å². The summed E-state index contributed by atoms with van der Waals surface area (Å²) in [5.74, 6) is 1.43. The van der Waals surface area contributed by atoms with Crippen LogP contribution in [0.2, 0.25) is 5.02 Å². The van der Waals surface area contributed by atoms with E-state index in [4.69, 9.17) is 21.3 Å². The molecular weight excluding hydrogens is 504 g/mol. The van der Waals surface area contributed by atoms with Gasteiger partial charge in [0.15, 0.2) is 0 Å². The topological polar surface area (TPSA) is 108 Å². The zero-order valence-electron chi connectivity index (χ0n) is 21.4. The smallest absolute Gasteiger partial charge is 0.319 e. The molecule has 0 radical (unpaired) electrons. The van der Waals surface area contributed by atoms with Crippen LogP contribution in [0.4, 0.5) is 16.3 Å². The van der Waals surface area contributed by atoms with Crippen molar-refractivity contribution in [2.75, 3.05) is 30.4 Å². The van der Waals surface area contributed by atoms with E-state index in [1.165, 1.54) is 0 Å². The lowest BCUT2D eigenvalue weighted by Crippen LogP contribution is -2.51. The largest absolute Gasteiger partial charge is 0.495 e. The summed E-state index contributed by atoms with van der Waals surface area (Å²) in [6.07, 6.45) is 6.12. The molecule has 2 aliphatic rings. The first-order valence-electron chi connectivity index (χ1n) is 12.7. The molecular formula is C28H31ClN6O3. The van der Waals surface area contributed by atoms with E-state index >= 15 is 0 Å². The van der Waals surface area contributed by atoms with Crippen LogP contribution in [0.3, 0.4) is 0 Å². The molecule has 0 spiro atoms. The quantitative estimate of drug-likeness (QED) is 0.413. The Labute approximate surface area is 227 Å². The van der Waals surface area contributed by atoms with Crippen molar-refractivity contribution in [3.8, 4) is 5.75 Å². The van der Waals surface area contributed by atoms with E-state index in [0.29, 0.717) is 29.4 Å². The summed E-state index contributed by atoms with van der Waals surface area (Å²) in [4.78, 5) is 36.1. The second-order valence-electron chi connectivity index (χ2n) is 9.84. The average molecular weight is 535 g/mol. The number of amides is 3. The highest BCUT2D eigenvalue weighted by molar-refractivity contribution is 6.30. The number of hydrogen-bond acceptors (Lipinski definition) is 6. The summed E-state index contributed by atoms with van der Waals surface area (Å²) >= 11 is 5.96. The molecule has 3 N–H and O–H groups in total. The van der Waals surface area contributed by atoms with Gasteiger partial charge in [0.05, 0.1) is 18.8 Å². The van der Waals surface area contributed by atoms with Crippen LogP contribution < -0.4 is 25.6 Å². The molecule has 38 heavy (non-hydrogen) atoms. The van der Waals surface area contributed by atoms with Crippen molar-refractivity contribution in [1.82, 2.24) is 20.6 Å². The van der Waals surface area contributed by atoms with Crippen molar-refractivity contribution in [1.29, 1.82) is 0 Å². The number of methoxy groups -OCH3 is 1. The second-order valence-corrected chi connectivity index (χ2v) is 10.3. The number of carbonyl (C=O) groups excluding carboxylic acids is 2. The first kappa shape index (κ1) is 25.8. The second kappa shape index (κ2) is 10.9. The van der Waals surface area contributed by atoms with Crippen molar-refractivity contribution in [3.05, 3.63) is 77.2 Å². The van der Waals surface area contributed by atoms with Gasteiger partial charge in [0, 0.05) is 54.6 Å². The number of ether oxygens (including phenoxy) is 1. The van der Waals surface area contributed by atoms with E-state index in [-0.39, 0.29) is 29.4 Å². The number of piperidine rings is 1. The van der Waals surface area contributed by atoms with Gasteiger partial charge in [-0.3, -0.25) is 9.78 Å². The Morgan fingerprint density at radius 1 is 1.05 bits per heavy atom.